The number of carboxylic acids is 1. The Morgan fingerprint density at radius 2 is 1.75 bits per heavy atom. The number of carbonyl (C=O) groups excluding carboxylic acids is 1. The Labute approximate surface area is 113 Å². The molecule has 5 nitrogen and oxygen atoms in total. The van der Waals surface area contributed by atoms with Crippen molar-refractivity contribution in [2.75, 3.05) is 0 Å². The number of hydrogen-bond acceptors (Lipinski definition) is 3. The number of carboxylic acid groups (broad SMARTS) is 1. The third kappa shape index (κ3) is 1.50. The Bertz CT molecular complexity index is 876. The molecule has 5 heteroatoms. The van der Waals surface area contributed by atoms with Gasteiger partial charge in [0.15, 0.2) is 0 Å². The van der Waals surface area contributed by atoms with Gasteiger partial charge in [-0.1, -0.05) is 18.2 Å². The molecule has 2 N–H and O–H groups in total. The summed E-state index contributed by atoms with van der Waals surface area (Å²) in [7, 11) is 0. The highest BCUT2D eigenvalue weighted by Crippen LogP contribution is 2.35. The molecule has 3 rings (SSSR count). The number of hydrogen-bond donors (Lipinski definition) is 2. The Hall–Kier alpha value is -2.82. The lowest BCUT2D eigenvalue weighted by atomic mass is 10.1. The molecular formula is C15H11NO4. The largest absolute Gasteiger partial charge is 0.507 e. The molecule has 1 aromatic heterocycles. The van der Waals surface area contributed by atoms with Gasteiger partial charge in [0.2, 0.25) is 5.91 Å². The number of aromatic nitrogens is 1. The highest BCUT2D eigenvalue weighted by atomic mass is 16.4. The van der Waals surface area contributed by atoms with E-state index in [-0.39, 0.29) is 17.2 Å². The number of benzene rings is 2. The van der Waals surface area contributed by atoms with E-state index >= 15 is 0 Å². The summed E-state index contributed by atoms with van der Waals surface area (Å²) >= 11 is 0. The zero-order valence-electron chi connectivity index (χ0n) is 10.6. The van der Waals surface area contributed by atoms with Crippen LogP contribution in [0.25, 0.3) is 21.8 Å². The first-order valence-corrected chi connectivity index (χ1v) is 6.01. The van der Waals surface area contributed by atoms with Gasteiger partial charge < -0.3 is 10.2 Å². The summed E-state index contributed by atoms with van der Waals surface area (Å²) in [6.45, 7) is 1.42. The number of carbonyl (C=O) groups is 2. The third-order valence-electron chi connectivity index (χ3n) is 3.35. The predicted molar refractivity (Wildman–Crippen MR) is 74.4 cm³/mol. The van der Waals surface area contributed by atoms with Gasteiger partial charge in [0.1, 0.15) is 11.3 Å². The van der Waals surface area contributed by atoms with E-state index in [1.54, 1.807) is 30.3 Å². The van der Waals surface area contributed by atoms with E-state index in [9.17, 15) is 19.8 Å². The SMILES string of the molecule is CC(=O)n1c2ccccc2c2c(C(=O)O)c(O)ccc21. The molecule has 0 atom stereocenters. The van der Waals surface area contributed by atoms with Gasteiger partial charge >= 0.3 is 5.97 Å². The van der Waals surface area contributed by atoms with E-state index in [2.05, 4.69) is 0 Å². The van der Waals surface area contributed by atoms with Gasteiger partial charge in [-0.2, -0.15) is 0 Å². The number of aromatic hydroxyl groups is 1. The van der Waals surface area contributed by atoms with Crippen LogP contribution in [0, 0.1) is 0 Å². The Morgan fingerprint density at radius 3 is 2.40 bits per heavy atom. The number of aromatic carboxylic acids is 1. The maximum absolute atomic E-state index is 11.9. The van der Waals surface area contributed by atoms with Crippen LogP contribution in [0.4, 0.5) is 0 Å². The van der Waals surface area contributed by atoms with Crippen molar-refractivity contribution in [2.45, 2.75) is 6.92 Å². The normalized spacial score (nSPS) is 11.1. The maximum atomic E-state index is 11.9. The lowest BCUT2D eigenvalue weighted by Gasteiger charge is -2.03. The van der Waals surface area contributed by atoms with Crippen molar-refractivity contribution < 1.29 is 19.8 Å². The zero-order chi connectivity index (χ0) is 14.4. The quantitative estimate of drug-likeness (QED) is 0.712. The van der Waals surface area contributed by atoms with Crippen LogP contribution in [0.3, 0.4) is 0 Å². The maximum Gasteiger partial charge on any atom is 0.340 e. The molecule has 0 unspecified atom stereocenters. The summed E-state index contributed by atoms with van der Waals surface area (Å²) in [6, 6.07) is 9.88. The fourth-order valence-electron chi connectivity index (χ4n) is 2.61. The van der Waals surface area contributed by atoms with Gasteiger partial charge in [-0.05, 0) is 18.2 Å². The van der Waals surface area contributed by atoms with E-state index in [1.807, 2.05) is 0 Å². The second kappa shape index (κ2) is 4.09. The molecule has 2 aromatic carbocycles. The molecular weight excluding hydrogens is 258 g/mol. The lowest BCUT2D eigenvalue weighted by Crippen LogP contribution is -2.05. The highest BCUT2D eigenvalue weighted by molar-refractivity contribution is 6.20. The van der Waals surface area contributed by atoms with Gasteiger partial charge in [-0.3, -0.25) is 9.36 Å². The highest BCUT2D eigenvalue weighted by Gasteiger charge is 2.21. The molecule has 0 saturated heterocycles. The average molecular weight is 269 g/mol. The van der Waals surface area contributed by atoms with Gasteiger partial charge in [-0.25, -0.2) is 4.79 Å². The Kier molecular flexibility index (Phi) is 2.50. The molecule has 20 heavy (non-hydrogen) atoms. The lowest BCUT2D eigenvalue weighted by molar-refractivity contribution is 0.0695. The van der Waals surface area contributed by atoms with Crippen LogP contribution >= 0.6 is 0 Å². The van der Waals surface area contributed by atoms with Crippen LogP contribution < -0.4 is 0 Å². The summed E-state index contributed by atoms with van der Waals surface area (Å²) < 4.78 is 1.45. The van der Waals surface area contributed by atoms with Crippen molar-refractivity contribution >= 4 is 33.7 Å². The van der Waals surface area contributed by atoms with Gasteiger partial charge in [0.25, 0.3) is 0 Å². The summed E-state index contributed by atoms with van der Waals surface area (Å²) in [5.74, 6) is -1.74. The van der Waals surface area contributed by atoms with Gasteiger partial charge in [-0.15, -0.1) is 0 Å². The van der Waals surface area contributed by atoms with Crippen LogP contribution in [-0.4, -0.2) is 26.7 Å². The van der Waals surface area contributed by atoms with Crippen molar-refractivity contribution in [3.63, 3.8) is 0 Å². The number of nitrogens with zero attached hydrogens (tertiary/aromatic N) is 1. The van der Waals surface area contributed by atoms with Crippen molar-refractivity contribution in [3.8, 4) is 5.75 Å². The molecule has 0 radical (unpaired) electrons. The van der Waals surface area contributed by atoms with Crippen molar-refractivity contribution in [2.24, 2.45) is 0 Å². The summed E-state index contributed by atoms with van der Waals surface area (Å²) in [6.07, 6.45) is 0. The smallest absolute Gasteiger partial charge is 0.340 e. The second-order valence-electron chi connectivity index (χ2n) is 4.53. The molecule has 0 aliphatic heterocycles. The summed E-state index contributed by atoms with van der Waals surface area (Å²) in [4.78, 5) is 23.3. The molecule has 0 bridgehead atoms. The minimum atomic E-state index is -1.22. The van der Waals surface area contributed by atoms with Crippen LogP contribution in [0.1, 0.15) is 22.1 Å². The van der Waals surface area contributed by atoms with E-state index in [1.165, 1.54) is 17.6 Å². The van der Waals surface area contributed by atoms with Crippen molar-refractivity contribution in [3.05, 3.63) is 42.0 Å². The molecule has 1 heterocycles. The molecule has 0 aliphatic rings. The molecule has 100 valence electrons. The Balaban J connectivity index is 2.67. The number of rotatable bonds is 1. The molecule has 0 saturated carbocycles. The topological polar surface area (TPSA) is 79.5 Å². The number of phenols is 1. The number of para-hydroxylation sites is 1. The standard InChI is InChI=1S/C15H11NO4/c1-8(17)16-10-5-3-2-4-9(10)13-11(16)6-7-12(18)14(13)15(19)20/h2-7,18H,1H3,(H,19,20). The first-order valence-electron chi connectivity index (χ1n) is 6.01. The minimum absolute atomic E-state index is 0.182. The minimum Gasteiger partial charge on any atom is -0.507 e. The van der Waals surface area contributed by atoms with E-state index in [0.717, 1.165) is 0 Å². The zero-order valence-corrected chi connectivity index (χ0v) is 10.6. The van der Waals surface area contributed by atoms with Crippen molar-refractivity contribution in [1.29, 1.82) is 0 Å². The fraction of sp³-hybridized carbons (Fsp3) is 0.0667. The number of fused-ring (bicyclic) bond motifs is 3. The van der Waals surface area contributed by atoms with E-state index in [4.69, 9.17) is 0 Å². The second-order valence-corrected chi connectivity index (χ2v) is 4.53. The molecule has 0 aliphatic carbocycles. The van der Waals surface area contributed by atoms with Crippen LogP contribution in [-0.2, 0) is 0 Å². The van der Waals surface area contributed by atoms with Crippen LogP contribution in [0.5, 0.6) is 5.75 Å². The average Bonchev–Trinajstić information content (AvgIpc) is 2.72. The molecule has 3 aromatic rings. The third-order valence-corrected chi connectivity index (χ3v) is 3.35. The predicted octanol–water partition coefficient (Wildman–Crippen LogP) is 2.86. The summed E-state index contributed by atoms with van der Waals surface area (Å²) in [5.41, 5.74) is 0.927. The first kappa shape index (κ1) is 12.2. The van der Waals surface area contributed by atoms with Gasteiger partial charge in [0.05, 0.1) is 11.0 Å². The van der Waals surface area contributed by atoms with E-state index in [0.29, 0.717) is 21.8 Å². The van der Waals surface area contributed by atoms with Crippen LogP contribution in [0.15, 0.2) is 36.4 Å². The molecule has 0 amide bonds. The monoisotopic (exact) mass is 269 g/mol. The van der Waals surface area contributed by atoms with Crippen molar-refractivity contribution in [1.82, 2.24) is 4.57 Å². The molecule has 0 fully saturated rings. The first-order chi connectivity index (χ1) is 9.52. The summed E-state index contributed by atoms with van der Waals surface area (Å²) in [5, 5.41) is 20.1. The Morgan fingerprint density at radius 1 is 1.05 bits per heavy atom. The molecule has 0 spiro atoms. The van der Waals surface area contributed by atoms with Gasteiger partial charge in [0, 0.05) is 17.7 Å². The fourth-order valence-corrected chi connectivity index (χ4v) is 2.61. The van der Waals surface area contributed by atoms with Crippen LogP contribution in [0.2, 0.25) is 0 Å². The van der Waals surface area contributed by atoms with E-state index < -0.39 is 5.97 Å².